The molecule has 5 heteroatoms. The Kier molecular flexibility index (Phi) is 4.17. The Morgan fingerprint density at radius 3 is 2.79 bits per heavy atom. The lowest BCUT2D eigenvalue weighted by Gasteiger charge is -2.24. The topological polar surface area (TPSA) is 54.5 Å². The van der Waals surface area contributed by atoms with E-state index in [4.69, 9.17) is 4.74 Å². The molecule has 5 nitrogen and oxygen atoms in total. The molecular formula is C19H21N3O2. The van der Waals surface area contributed by atoms with Gasteiger partial charge in [0.1, 0.15) is 11.5 Å². The van der Waals surface area contributed by atoms with Crippen LogP contribution in [0.4, 0.5) is 0 Å². The van der Waals surface area contributed by atoms with E-state index in [0.717, 1.165) is 19.5 Å². The number of fused-ring (bicyclic) bond motifs is 2. The molecule has 2 unspecified atom stereocenters. The third kappa shape index (κ3) is 3.26. The molecule has 2 atom stereocenters. The van der Waals surface area contributed by atoms with Crippen molar-refractivity contribution in [1.82, 2.24) is 15.2 Å². The maximum atomic E-state index is 12.9. The predicted octanol–water partition coefficient (Wildman–Crippen LogP) is 2.84. The number of ether oxygens (including phenoxy) is 1. The van der Waals surface area contributed by atoms with Gasteiger partial charge in [-0.1, -0.05) is 6.07 Å². The quantitative estimate of drug-likeness (QED) is 0.944. The standard InChI is InChI=1S/C19H21N3O2/c23-19(22-11-8-15-4-5-16(13-22)21-15)14-2-1-3-18(12-14)24-17-6-9-20-10-7-17/h1-3,6-7,9-10,12,15-16,21H,4-5,8,11,13H2. The summed E-state index contributed by atoms with van der Waals surface area (Å²) in [5.74, 6) is 1.47. The Morgan fingerprint density at radius 1 is 1.08 bits per heavy atom. The number of benzene rings is 1. The van der Waals surface area contributed by atoms with Crippen LogP contribution in [0.2, 0.25) is 0 Å². The lowest BCUT2D eigenvalue weighted by atomic mass is 10.1. The molecule has 24 heavy (non-hydrogen) atoms. The summed E-state index contributed by atoms with van der Waals surface area (Å²) in [6.07, 6.45) is 6.81. The molecule has 0 saturated carbocycles. The molecule has 0 spiro atoms. The Labute approximate surface area is 141 Å². The minimum Gasteiger partial charge on any atom is -0.457 e. The summed E-state index contributed by atoms with van der Waals surface area (Å²) in [5, 5.41) is 3.61. The second-order valence-electron chi connectivity index (χ2n) is 6.49. The minimum atomic E-state index is 0.0875. The zero-order valence-corrected chi connectivity index (χ0v) is 13.5. The van der Waals surface area contributed by atoms with Crippen LogP contribution in [0, 0.1) is 0 Å². The summed E-state index contributed by atoms with van der Waals surface area (Å²) in [4.78, 5) is 18.8. The number of carbonyl (C=O) groups is 1. The van der Waals surface area contributed by atoms with Crippen LogP contribution in [-0.2, 0) is 0 Å². The zero-order valence-electron chi connectivity index (χ0n) is 13.5. The molecule has 124 valence electrons. The van der Waals surface area contributed by atoms with E-state index in [1.165, 1.54) is 12.8 Å². The Balaban J connectivity index is 1.49. The number of hydrogen-bond donors (Lipinski definition) is 1. The van der Waals surface area contributed by atoms with Crippen molar-refractivity contribution in [3.63, 3.8) is 0 Å². The molecule has 2 fully saturated rings. The second kappa shape index (κ2) is 6.61. The molecule has 2 bridgehead atoms. The van der Waals surface area contributed by atoms with Gasteiger partial charge in [-0.25, -0.2) is 0 Å². The molecule has 2 aromatic rings. The fourth-order valence-corrected chi connectivity index (χ4v) is 3.55. The van der Waals surface area contributed by atoms with Crippen molar-refractivity contribution in [3.8, 4) is 11.5 Å². The minimum absolute atomic E-state index is 0.0875. The first kappa shape index (κ1) is 15.1. The number of amides is 1. The van der Waals surface area contributed by atoms with Crippen LogP contribution in [0.15, 0.2) is 48.8 Å². The Bertz CT molecular complexity index is 720. The molecule has 1 N–H and O–H groups in total. The van der Waals surface area contributed by atoms with Gasteiger partial charge in [0.15, 0.2) is 0 Å². The lowest BCUT2D eigenvalue weighted by Crippen LogP contribution is -2.39. The molecule has 0 radical (unpaired) electrons. The summed E-state index contributed by atoms with van der Waals surface area (Å²) in [6.45, 7) is 1.62. The van der Waals surface area contributed by atoms with Crippen molar-refractivity contribution >= 4 is 5.91 Å². The van der Waals surface area contributed by atoms with Gasteiger partial charge in [-0.2, -0.15) is 0 Å². The van der Waals surface area contributed by atoms with Crippen molar-refractivity contribution in [2.45, 2.75) is 31.3 Å². The normalized spacial score (nSPS) is 22.9. The van der Waals surface area contributed by atoms with Gasteiger partial charge >= 0.3 is 0 Å². The number of nitrogens with zero attached hydrogens (tertiary/aromatic N) is 2. The van der Waals surface area contributed by atoms with Gasteiger partial charge < -0.3 is 15.0 Å². The first-order valence-corrected chi connectivity index (χ1v) is 8.51. The van der Waals surface area contributed by atoms with Crippen molar-refractivity contribution in [2.75, 3.05) is 13.1 Å². The Morgan fingerprint density at radius 2 is 1.92 bits per heavy atom. The first-order chi connectivity index (χ1) is 11.8. The monoisotopic (exact) mass is 323 g/mol. The van der Waals surface area contributed by atoms with Crippen molar-refractivity contribution in [3.05, 3.63) is 54.4 Å². The van der Waals surface area contributed by atoms with Crippen LogP contribution in [0.25, 0.3) is 0 Å². The lowest BCUT2D eigenvalue weighted by molar-refractivity contribution is 0.0748. The van der Waals surface area contributed by atoms with Gasteiger partial charge in [-0.15, -0.1) is 0 Å². The van der Waals surface area contributed by atoms with Gasteiger partial charge in [-0.05, 0) is 49.6 Å². The molecule has 1 aromatic carbocycles. The SMILES string of the molecule is O=C(c1cccc(Oc2ccncc2)c1)N1CCC2CCC(C1)N2. The fraction of sp³-hybridized carbons (Fsp3) is 0.368. The number of hydrogen-bond acceptors (Lipinski definition) is 4. The highest BCUT2D eigenvalue weighted by molar-refractivity contribution is 5.94. The zero-order chi connectivity index (χ0) is 16.4. The van der Waals surface area contributed by atoms with Gasteiger partial charge in [0.25, 0.3) is 5.91 Å². The number of aromatic nitrogens is 1. The van der Waals surface area contributed by atoms with Crippen LogP contribution in [-0.4, -0.2) is 41.0 Å². The highest BCUT2D eigenvalue weighted by Crippen LogP contribution is 2.24. The van der Waals surface area contributed by atoms with E-state index in [1.807, 2.05) is 29.2 Å². The summed E-state index contributed by atoms with van der Waals surface area (Å²) >= 11 is 0. The van der Waals surface area contributed by atoms with Gasteiger partial charge in [0, 0.05) is 43.1 Å². The van der Waals surface area contributed by atoms with Crippen LogP contribution in [0.3, 0.4) is 0 Å². The molecule has 2 aliphatic rings. The summed E-state index contributed by atoms with van der Waals surface area (Å²) in [6, 6.07) is 12.0. The maximum absolute atomic E-state index is 12.9. The number of likely N-dealkylation sites (tertiary alicyclic amines) is 1. The van der Waals surface area contributed by atoms with Crippen LogP contribution in [0.5, 0.6) is 11.5 Å². The fourth-order valence-electron chi connectivity index (χ4n) is 3.55. The van der Waals surface area contributed by atoms with Crippen LogP contribution < -0.4 is 10.1 Å². The molecule has 4 rings (SSSR count). The third-order valence-corrected chi connectivity index (χ3v) is 4.78. The van der Waals surface area contributed by atoms with E-state index in [1.54, 1.807) is 24.5 Å². The smallest absolute Gasteiger partial charge is 0.254 e. The van der Waals surface area contributed by atoms with E-state index in [0.29, 0.717) is 29.1 Å². The van der Waals surface area contributed by atoms with E-state index in [-0.39, 0.29) is 5.91 Å². The van der Waals surface area contributed by atoms with E-state index in [9.17, 15) is 4.79 Å². The first-order valence-electron chi connectivity index (χ1n) is 8.51. The van der Waals surface area contributed by atoms with E-state index < -0.39 is 0 Å². The molecule has 3 heterocycles. The molecule has 2 saturated heterocycles. The molecule has 0 aliphatic carbocycles. The van der Waals surface area contributed by atoms with Crippen molar-refractivity contribution < 1.29 is 9.53 Å². The highest BCUT2D eigenvalue weighted by atomic mass is 16.5. The largest absolute Gasteiger partial charge is 0.457 e. The van der Waals surface area contributed by atoms with Gasteiger partial charge in [-0.3, -0.25) is 9.78 Å². The van der Waals surface area contributed by atoms with Crippen LogP contribution >= 0.6 is 0 Å². The molecular weight excluding hydrogens is 302 g/mol. The number of rotatable bonds is 3. The predicted molar refractivity (Wildman–Crippen MR) is 91.2 cm³/mol. The van der Waals surface area contributed by atoms with Gasteiger partial charge in [0.2, 0.25) is 0 Å². The average Bonchev–Trinajstić information content (AvgIpc) is 2.94. The van der Waals surface area contributed by atoms with Gasteiger partial charge in [0.05, 0.1) is 0 Å². The molecule has 2 aliphatic heterocycles. The Hall–Kier alpha value is -2.40. The van der Waals surface area contributed by atoms with E-state index >= 15 is 0 Å². The highest BCUT2D eigenvalue weighted by Gasteiger charge is 2.31. The number of pyridine rings is 1. The van der Waals surface area contributed by atoms with Crippen molar-refractivity contribution in [1.29, 1.82) is 0 Å². The van der Waals surface area contributed by atoms with Crippen LogP contribution in [0.1, 0.15) is 29.6 Å². The number of carbonyl (C=O) groups excluding carboxylic acids is 1. The van der Waals surface area contributed by atoms with E-state index in [2.05, 4.69) is 10.3 Å². The summed E-state index contributed by atoms with van der Waals surface area (Å²) in [7, 11) is 0. The summed E-state index contributed by atoms with van der Waals surface area (Å²) < 4.78 is 5.81. The van der Waals surface area contributed by atoms with Crippen molar-refractivity contribution in [2.24, 2.45) is 0 Å². The third-order valence-electron chi connectivity index (χ3n) is 4.78. The average molecular weight is 323 g/mol. The second-order valence-corrected chi connectivity index (χ2v) is 6.49. The molecule has 1 aromatic heterocycles. The number of nitrogens with one attached hydrogen (secondary N) is 1. The summed E-state index contributed by atoms with van der Waals surface area (Å²) in [5.41, 5.74) is 0.680. The molecule has 1 amide bonds. The maximum Gasteiger partial charge on any atom is 0.254 e.